The molecule has 0 saturated carbocycles. The van der Waals surface area contributed by atoms with E-state index in [0.717, 1.165) is 38.6 Å². The van der Waals surface area contributed by atoms with Gasteiger partial charge in [-0.05, 0) is 30.9 Å². The van der Waals surface area contributed by atoms with Gasteiger partial charge in [0.2, 0.25) is 0 Å². The zero-order valence-electron chi connectivity index (χ0n) is 13.9. The Labute approximate surface area is 144 Å². The van der Waals surface area contributed by atoms with Gasteiger partial charge in [0, 0.05) is 44.2 Å². The molecule has 2 N–H and O–H groups in total. The first-order chi connectivity index (χ1) is 11.3. The molecule has 2 heterocycles. The summed E-state index contributed by atoms with van der Waals surface area (Å²) in [4.78, 5) is 9.47. The van der Waals surface area contributed by atoms with Crippen molar-refractivity contribution in [2.75, 3.05) is 50.8 Å². The summed E-state index contributed by atoms with van der Waals surface area (Å²) < 4.78 is 0. The van der Waals surface area contributed by atoms with E-state index in [4.69, 9.17) is 5.73 Å². The highest BCUT2D eigenvalue weighted by molar-refractivity contribution is 7.99. The molecular weight excluding hydrogens is 304 g/mol. The molecule has 1 aromatic carbocycles. The Morgan fingerprint density at radius 3 is 2.74 bits per heavy atom. The summed E-state index contributed by atoms with van der Waals surface area (Å²) in [5.74, 6) is 3.77. The molecule has 5 heteroatoms. The SMILES string of the molecule is NC(=NCC1CCN(CCc2ccccc2)C1)N1CCSCC1. The van der Waals surface area contributed by atoms with Gasteiger partial charge in [-0.15, -0.1) is 0 Å². The average Bonchev–Trinajstić information content (AvgIpc) is 3.07. The number of nitrogens with zero attached hydrogens (tertiary/aromatic N) is 3. The Morgan fingerprint density at radius 1 is 1.17 bits per heavy atom. The summed E-state index contributed by atoms with van der Waals surface area (Å²) in [6.45, 7) is 6.51. The fourth-order valence-corrected chi connectivity index (χ4v) is 4.22. The third kappa shape index (κ3) is 5.15. The zero-order valence-corrected chi connectivity index (χ0v) is 14.7. The van der Waals surface area contributed by atoms with E-state index >= 15 is 0 Å². The highest BCUT2D eigenvalue weighted by Gasteiger charge is 2.22. The van der Waals surface area contributed by atoms with E-state index in [1.165, 1.54) is 36.6 Å². The second kappa shape index (κ2) is 8.60. The Bertz CT molecular complexity index is 499. The van der Waals surface area contributed by atoms with Crippen molar-refractivity contribution in [2.24, 2.45) is 16.6 Å². The Kier molecular flexibility index (Phi) is 6.22. The van der Waals surface area contributed by atoms with Crippen molar-refractivity contribution in [1.82, 2.24) is 9.80 Å². The number of nitrogens with two attached hydrogens (primary N) is 1. The van der Waals surface area contributed by atoms with Gasteiger partial charge in [-0.1, -0.05) is 30.3 Å². The van der Waals surface area contributed by atoms with Crippen LogP contribution in [0.2, 0.25) is 0 Å². The minimum Gasteiger partial charge on any atom is -0.370 e. The van der Waals surface area contributed by atoms with Gasteiger partial charge in [-0.25, -0.2) is 0 Å². The van der Waals surface area contributed by atoms with Crippen LogP contribution in [0.15, 0.2) is 35.3 Å². The van der Waals surface area contributed by atoms with Gasteiger partial charge in [-0.3, -0.25) is 4.99 Å². The fraction of sp³-hybridized carbons (Fsp3) is 0.611. The van der Waals surface area contributed by atoms with Crippen molar-refractivity contribution >= 4 is 17.7 Å². The molecule has 4 nitrogen and oxygen atoms in total. The van der Waals surface area contributed by atoms with Crippen LogP contribution in [-0.4, -0.2) is 66.5 Å². The number of thioether (sulfide) groups is 1. The van der Waals surface area contributed by atoms with Crippen LogP contribution in [-0.2, 0) is 6.42 Å². The van der Waals surface area contributed by atoms with Gasteiger partial charge in [0.15, 0.2) is 5.96 Å². The molecule has 2 saturated heterocycles. The molecule has 0 aromatic heterocycles. The molecule has 1 aromatic rings. The fourth-order valence-electron chi connectivity index (χ4n) is 3.31. The first kappa shape index (κ1) is 16.7. The molecule has 23 heavy (non-hydrogen) atoms. The number of benzene rings is 1. The summed E-state index contributed by atoms with van der Waals surface area (Å²) in [6.07, 6.45) is 2.39. The third-order valence-electron chi connectivity index (χ3n) is 4.78. The van der Waals surface area contributed by atoms with Crippen LogP contribution in [0.25, 0.3) is 0 Å². The summed E-state index contributed by atoms with van der Waals surface area (Å²) in [5.41, 5.74) is 7.58. The maximum atomic E-state index is 6.15. The van der Waals surface area contributed by atoms with Crippen LogP contribution in [0.1, 0.15) is 12.0 Å². The molecule has 2 aliphatic heterocycles. The molecular formula is C18H28N4S. The predicted octanol–water partition coefficient (Wildman–Crippen LogP) is 1.91. The molecule has 0 aliphatic carbocycles. The van der Waals surface area contributed by atoms with E-state index in [-0.39, 0.29) is 0 Å². The van der Waals surface area contributed by atoms with Crippen LogP contribution in [0.3, 0.4) is 0 Å². The van der Waals surface area contributed by atoms with Gasteiger partial charge in [0.05, 0.1) is 0 Å². The molecule has 2 fully saturated rings. The van der Waals surface area contributed by atoms with E-state index in [2.05, 4.69) is 45.1 Å². The lowest BCUT2D eigenvalue weighted by Crippen LogP contribution is -2.43. The van der Waals surface area contributed by atoms with Crippen molar-refractivity contribution in [3.8, 4) is 0 Å². The second-order valence-electron chi connectivity index (χ2n) is 6.49. The number of aliphatic imine (C=N–C) groups is 1. The van der Waals surface area contributed by atoms with Gasteiger partial charge in [0.1, 0.15) is 0 Å². The van der Waals surface area contributed by atoms with Crippen LogP contribution in [0, 0.1) is 5.92 Å². The summed E-state index contributed by atoms with van der Waals surface area (Å²) in [5, 5.41) is 0. The second-order valence-corrected chi connectivity index (χ2v) is 7.71. The van der Waals surface area contributed by atoms with Gasteiger partial charge in [-0.2, -0.15) is 11.8 Å². The van der Waals surface area contributed by atoms with Crippen LogP contribution in [0.4, 0.5) is 0 Å². The minimum atomic E-state index is 0.670. The standard InChI is InChI=1S/C18H28N4S/c19-18(22-10-12-23-13-11-22)20-14-17-7-9-21(15-17)8-6-16-4-2-1-3-5-16/h1-5,17H,6-15H2,(H2,19,20). The summed E-state index contributed by atoms with van der Waals surface area (Å²) in [7, 11) is 0. The predicted molar refractivity (Wildman–Crippen MR) is 100 cm³/mol. The van der Waals surface area contributed by atoms with Crippen molar-refractivity contribution < 1.29 is 0 Å². The van der Waals surface area contributed by atoms with E-state index in [1.54, 1.807) is 0 Å². The molecule has 0 spiro atoms. The third-order valence-corrected chi connectivity index (χ3v) is 5.72. The molecule has 1 unspecified atom stereocenters. The normalized spacial score (nSPS) is 23.4. The molecule has 0 bridgehead atoms. The molecule has 0 radical (unpaired) electrons. The number of hydrogen-bond donors (Lipinski definition) is 1. The number of guanidine groups is 1. The topological polar surface area (TPSA) is 44.9 Å². The van der Waals surface area contributed by atoms with Crippen molar-refractivity contribution in [3.63, 3.8) is 0 Å². The monoisotopic (exact) mass is 332 g/mol. The first-order valence-corrected chi connectivity index (χ1v) is 9.85. The molecule has 126 valence electrons. The van der Waals surface area contributed by atoms with Crippen molar-refractivity contribution in [1.29, 1.82) is 0 Å². The Hall–Kier alpha value is -1.20. The quantitative estimate of drug-likeness (QED) is 0.661. The van der Waals surface area contributed by atoms with Crippen LogP contribution >= 0.6 is 11.8 Å². The molecule has 3 rings (SSSR count). The van der Waals surface area contributed by atoms with E-state index in [0.29, 0.717) is 5.92 Å². The van der Waals surface area contributed by atoms with E-state index < -0.39 is 0 Å². The lowest BCUT2D eigenvalue weighted by atomic mass is 10.1. The summed E-state index contributed by atoms with van der Waals surface area (Å²) in [6, 6.07) is 10.8. The molecule has 1 atom stereocenters. The number of likely N-dealkylation sites (tertiary alicyclic amines) is 1. The highest BCUT2D eigenvalue weighted by Crippen LogP contribution is 2.17. The van der Waals surface area contributed by atoms with E-state index in [9.17, 15) is 0 Å². The van der Waals surface area contributed by atoms with Crippen LogP contribution in [0.5, 0.6) is 0 Å². The minimum absolute atomic E-state index is 0.670. The number of hydrogen-bond acceptors (Lipinski definition) is 3. The highest BCUT2D eigenvalue weighted by atomic mass is 32.2. The maximum absolute atomic E-state index is 6.15. The maximum Gasteiger partial charge on any atom is 0.191 e. The smallest absolute Gasteiger partial charge is 0.191 e. The Morgan fingerprint density at radius 2 is 1.96 bits per heavy atom. The number of rotatable bonds is 5. The first-order valence-electron chi connectivity index (χ1n) is 8.70. The van der Waals surface area contributed by atoms with Crippen molar-refractivity contribution in [2.45, 2.75) is 12.8 Å². The van der Waals surface area contributed by atoms with E-state index in [1.807, 2.05) is 11.8 Å². The molecule has 0 amide bonds. The largest absolute Gasteiger partial charge is 0.370 e. The Balaban J connectivity index is 1.39. The van der Waals surface area contributed by atoms with Gasteiger partial charge < -0.3 is 15.5 Å². The zero-order chi connectivity index (χ0) is 15.9. The lowest BCUT2D eigenvalue weighted by Gasteiger charge is -2.27. The molecule has 2 aliphatic rings. The van der Waals surface area contributed by atoms with Gasteiger partial charge >= 0.3 is 0 Å². The van der Waals surface area contributed by atoms with Crippen LogP contribution < -0.4 is 5.73 Å². The van der Waals surface area contributed by atoms with Crippen molar-refractivity contribution in [3.05, 3.63) is 35.9 Å². The van der Waals surface area contributed by atoms with Gasteiger partial charge in [0.25, 0.3) is 0 Å². The average molecular weight is 333 g/mol. The lowest BCUT2D eigenvalue weighted by molar-refractivity contribution is 0.329. The summed E-state index contributed by atoms with van der Waals surface area (Å²) >= 11 is 2.00.